The van der Waals surface area contributed by atoms with Crippen molar-refractivity contribution in [2.24, 2.45) is 11.5 Å². The number of nitrogens with one attached hydrogen (secondary N) is 2. The van der Waals surface area contributed by atoms with Crippen molar-refractivity contribution in [1.82, 2.24) is 10.6 Å². The van der Waals surface area contributed by atoms with Crippen LogP contribution in [0.4, 0.5) is 0 Å². The molecule has 0 aromatic heterocycles. The first-order chi connectivity index (χ1) is 5.91. The van der Waals surface area contributed by atoms with Crippen LogP contribution in [0.2, 0.25) is 0 Å². The van der Waals surface area contributed by atoms with Crippen LogP contribution in [0.15, 0.2) is 12.2 Å². The molecular formula is C8H20N4. The molecule has 0 saturated heterocycles. The predicted octanol–water partition coefficient (Wildman–Crippen LogP) is -1.36. The summed E-state index contributed by atoms with van der Waals surface area (Å²) in [6.07, 6.45) is 4.17. The van der Waals surface area contributed by atoms with Gasteiger partial charge in [0.2, 0.25) is 0 Å². The highest BCUT2D eigenvalue weighted by molar-refractivity contribution is 4.85. The molecule has 0 aliphatic carbocycles. The first-order valence-corrected chi connectivity index (χ1v) is 4.38. The third kappa shape index (κ3) is 9.58. The zero-order chi connectivity index (χ0) is 9.07. The molecule has 0 radical (unpaired) electrons. The zero-order valence-electron chi connectivity index (χ0n) is 7.55. The zero-order valence-corrected chi connectivity index (χ0v) is 7.55. The van der Waals surface area contributed by atoms with Gasteiger partial charge in [-0.05, 0) is 0 Å². The Hall–Kier alpha value is -0.420. The van der Waals surface area contributed by atoms with E-state index in [1.165, 1.54) is 0 Å². The van der Waals surface area contributed by atoms with Crippen molar-refractivity contribution in [2.75, 3.05) is 39.3 Å². The molecule has 6 N–H and O–H groups in total. The average molecular weight is 172 g/mol. The van der Waals surface area contributed by atoms with Crippen LogP contribution in [0.5, 0.6) is 0 Å². The summed E-state index contributed by atoms with van der Waals surface area (Å²) in [5.41, 5.74) is 10.6. The lowest BCUT2D eigenvalue weighted by Gasteiger charge is -1.97. The minimum atomic E-state index is 0.694. The molecule has 0 heterocycles. The third-order valence-corrected chi connectivity index (χ3v) is 1.33. The van der Waals surface area contributed by atoms with Crippen molar-refractivity contribution in [2.45, 2.75) is 0 Å². The van der Waals surface area contributed by atoms with Crippen molar-refractivity contribution in [3.8, 4) is 0 Å². The fraction of sp³-hybridized carbons (Fsp3) is 0.750. The molecule has 0 unspecified atom stereocenters. The number of hydrogen-bond donors (Lipinski definition) is 4. The van der Waals surface area contributed by atoms with E-state index in [-0.39, 0.29) is 0 Å². The van der Waals surface area contributed by atoms with Crippen LogP contribution in [0.3, 0.4) is 0 Å². The van der Waals surface area contributed by atoms with Gasteiger partial charge in [-0.25, -0.2) is 0 Å². The summed E-state index contributed by atoms with van der Waals surface area (Å²) in [5, 5.41) is 6.32. The van der Waals surface area contributed by atoms with Gasteiger partial charge in [-0.2, -0.15) is 0 Å². The summed E-state index contributed by atoms with van der Waals surface area (Å²) < 4.78 is 0. The maximum Gasteiger partial charge on any atom is 0.0135 e. The Morgan fingerprint density at radius 3 is 1.58 bits per heavy atom. The van der Waals surface area contributed by atoms with Crippen molar-refractivity contribution < 1.29 is 0 Å². The Labute approximate surface area is 74.4 Å². The maximum absolute atomic E-state index is 5.30. The SMILES string of the molecule is NCCNC/C=C/CNCCN. The highest BCUT2D eigenvalue weighted by Crippen LogP contribution is 1.68. The molecule has 0 aliphatic rings. The summed E-state index contributed by atoms with van der Waals surface area (Å²) >= 11 is 0. The highest BCUT2D eigenvalue weighted by Gasteiger charge is 1.79. The van der Waals surface area contributed by atoms with Gasteiger partial charge in [-0.15, -0.1) is 0 Å². The molecule has 4 heteroatoms. The molecule has 0 aromatic carbocycles. The first-order valence-electron chi connectivity index (χ1n) is 4.38. The van der Waals surface area contributed by atoms with Crippen LogP contribution in [-0.2, 0) is 0 Å². The largest absolute Gasteiger partial charge is 0.329 e. The summed E-state index contributed by atoms with van der Waals surface area (Å²) in [6, 6.07) is 0. The van der Waals surface area contributed by atoms with Crippen LogP contribution in [0.1, 0.15) is 0 Å². The molecule has 0 bridgehead atoms. The molecule has 72 valence electrons. The maximum atomic E-state index is 5.30. The molecule has 12 heavy (non-hydrogen) atoms. The number of rotatable bonds is 8. The third-order valence-electron chi connectivity index (χ3n) is 1.33. The molecule has 0 aromatic rings. The second kappa shape index (κ2) is 10.6. The van der Waals surface area contributed by atoms with Crippen molar-refractivity contribution in [1.29, 1.82) is 0 Å². The topological polar surface area (TPSA) is 76.1 Å². The number of hydrogen-bond acceptors (Lipinski definition) is 4. The van der Waals surface area contributed by atoms with E-state index in [1.807, 2.05) is 0 Å². The van der Waals surface area contributed by atoms with Crippen molar-refractivity contribution in [3.05, 3.63) is 12.2 Å². The monoisotopic (exact) mass is 172 g/mol. The standard InChI is InChI=1S/C8H20N4/c9-3-7-11-5-1-2-6-12-8-4-10/h1-2,11-12H,3-10H2/b2-1+. The van der Waals surface area contributed by atoms with E-state index >= 15 is 0 Å². The van der Waals surface area contributed by atoms with E-state index in [9.17, 15) is 0 Å². The van der Waals surface area contributed by atoms with Gasteiger partial charge in [0.15, 0.2) is 0 Å². The van der Waals surface area contributed by atoms with Gasteiger partial charge >= 0.3 is 0 Å². The average Bonchev–Trinajstić information content (AvgIpc) is 2.10. The van der Waals surface area contributed by atoms with Gasteiger partial charge in [0.25, 0.3) is 0 Å². The lowest BCUT2D eigenvalue weighted by molar-refractivity contribution is 0.739. The predicted molar refractivity (Wildman–Crippen MR) is 53.0 cm³/mol. The Balaban J connectivity index is 2.93. The summed E-state index contributed by atoms with van der Waals surface area (Å²) in [5.74, 6) is 0. The lowest BCUT2D eigenvalue weighted by Crippen LogP contribution is -2.23. The van der Waals surface area contributed by atoms with Crippen LogP contribution in [0, 0.1) is 0 Å². The molecule has 4 nitrogen and oxygen atoms in total. The Morgan fingerprint density at radius 1 is 0.833 bits per heavy atom. The van der Waals surface area contributed by atoms with Gasteiger partial charge in [-0.1, -0.05) is 12.2 Å². The first kappa shape index (κ1) is 11.6. The second-order valence-electron chi connectivity index (χ2n) is 2.46. The van der Waals surface area contributed by atoms with Gasteiger partial charge in [0, 0.05) is 39.3 Å². The molecule has 0 atom stereocenters. The van der Waals surface area contributed by atoms with Crippen LogP contribution < -0.4 is 22.1 Å². The second-order valence-corrected chi connectivity index (χ2v) is 2.46. The smallest absolute Gasteiger partial charge is 0.0135 e. The Bertz CT molecular complexity index is 91.2. The van der Waals surface area contributed by atoms with E-state index in [0.717, 1.165) is 26.2 Å². The van der Waals surface area contributed by atoms with Crippen LogP contribution in [0.25, 0.3) is 0 Å². The Kier molecular flexibility index (Phi) is 10.2. The van der Waals surface area contributed by atoms with Gasteiger partial charge < -0.3 is 22.1 Å². The lowest BCUT2D eigenvalue weighted by atomic mass is 10.4. The summed E-state index contributed by atoms with van der Waals surface area (Å²) in [7, 11) is 0. The van der Waals surface area contributed by atoms with Gasteiger partial charge in [0.05, 0.1) is 0 Å². The molecule has 0 aliphatic heterocycles. The molecular weight excluding hydrogens is 152 g/mol. The minimum Gasteiger partial charge on any atom is -0.329 e. The van der Waals surface area contributed by atoms with E-state index in [4.69, 9.17) is 11.5 Å². The number of nitrogens with two attached hydrogens (primary N) is 2. The fourth-order valence-electron chi connectivity index (χ4n) is 0.742. The van der Waals surface area contributed by atoms with E-state index in [1.54, 1.807) is 0 Å². The van der Waals surface area contributed by atoms with E-state index in [0.29, 0.717) is 13.1 Å². The van der Waals surface area contributed by atoms with E-state index < -0.39 is 0 Å². The van der Waals surface area contributed by atoms with Crippen molar-refractivity contribution >= 4 is 0 Å². The quantitative estimate of drug-likeness (QED) is 0.269. The van der Waals surface area contributed by atoms with Crippen LogP contribution in [-0.4, -0.2) is 39.3 Å². The summed E-state index contributed by atoms with van der Waals surface area (Å²) in [4.78, 5) is 0. The minimum absolute atomic E-state index is 0.694. The normalized spacial score (nSPS) is 11.2. The van der Waals surface area contributed by atoms with E-state index in [2.05, 4.69) is 22.8 Å². The van der Waals surface area contributed by atoms with Gasteiger partial charge in [-0.3, -0.25) is 0 Å². The molecule has 0 amide bonds. The molecule has 0 fully saturated rings. The van der Waals surface area contributed by atoms with Gasteiger partial charge in [0.1, 0.15) is 0 Å². The van der Waals surface area contributed by atoms with Crippen LogP contribution >= 0.6 is 0 Å². The molecule has 0 rings (SSSR count). The Morgan fingerprint density at radius 2 is 1.25 bits per heavy atom. The van der Waals surface area contributed by atoms with Crippen molar-refractivity contribution in [3.63, 3.8) is 0 Å². The highest BCUT2D eigenvalue weighted by atomic mass is 14.9. The summed E-state index contributed by atoms with van der Waals surface area (Å²) in [6.45, 7) is 4.92. The fourth-order valence-corrected chi connectivity index (χ4v) is 0.742. The molecule has 0 saturated carbocycles. The molecule has 0 spiro atoms.